The summed E-state index contributed by atoms with van der Waals surface area (Å²) in [7, 11) is 0. The molecule has 0 aliphatic carbocycles. The van der Waals surface area contributed by atoms with Crippen LogP contribution in [0, 0.1) is 12.7 Å². The van der Waals surface area contributed by atoms with Gasteiger partial charge >= 0.3 is 0 Å². The van der Waals surface area contributed by atoms with Crippen molar-refractivity contribution in [1.82, 2.24) is 10.6 Å². The largest absolute Gasteiger partial charge is 0.322 e. The van der Waals surface area contributed by atoms with Gasteiger partial charge in [-0.25, -0.2) is 4.39 Å². The van der Waals surface area contributed by atoms with Crippen LogP contribution in [-0.4, -0.2) is 32.1 Å². The Labute approximate surface area is 195 Å². The van der Waals surface area contributed by atoms with Gasteiger partial charge in [0.1, 0.15) is 5.82 Å². The summed E-state index contributed by atoms with van der Waals surface area (Å²) >= 11 is 0. The number of benzene rings is 2. The molecular weight excluding hydrogens is 436 g/mol. The van der Waals surface area contributed by atoms with Gasteiger partial charge in [-0.3, -0.25) is 4.79 Å². The Morgan fingerprint density at radius 3 is 2.06 bits per heavy atom. The zero-order valence-electron chi connectivity index (χ0n) is 17.5. The Balaban J connectivity index is 0.00000171. The minimum absolute atomic E-state index is 0. The molecule has 0 bridgehead atoms. The summed E-state index contributed by atoms with van der Waals surface area (Å²) < 4.78 is 14.6. The molecule has 0 atom stereocenters. The van der Waals surface area contributed by atoms with Crippen molar-refractivity contribution in [3.63, 3.8) is 0 Å². The Hall–Kier alpha value is -2.18. The summed E-state index contributed by atoms with van der Waals surface area (Å²) in [6.07, 6.45) is 6.02. The van der Waals surface area contributed by atoms with Crippen molar-refractivity contribution in [2.75, 3.05) is 31.5 Å². The summed E-state index contributed by atoms with van der Waals surface area (Å²) in [6, 6.07) is 10.7. The topological polar surface area (TPSA) is 53.2 Å². The molecule has 4 nitrogen and oxygen atoms in total. The molecule has 2 aromatic rings. The average Bonchev–Trinajstić information content (AvgIpc) is 2.75. The van der Waals surface area contributed by atoms with Gasteiger partial charge in [-0.05, 0) is 85.5 Å². The minimum Gasteiger partial charge on any atom is -0.322 e. The highest BCUT2D eigenvalue weighted by Gasteiger charge is 2.14. The lowest BCUT2D eigenvalue weighted by Crippen LogP contribution is -2.20. The zero-order valence-corrected chi connectivity index (χ0v) is 19.1. The van der Waals surface area contributed by atoms with Crippen molar-refractivity contribution < 1.29 is 9.18 Å². The quantitative estimate of drug-likeness (QED) is 0.598. The molecule has 0 radical (unpaired) electrons. The lowest BCUT2D eigenvalue weighted by molar-refractivity contribution is 0.102. The number of amides is 1. The molecule has 0 saturated carbocycles. The van der Waals surface area contributed by atoms with Crippen LogP contribution in [-0.2, 0) is 0 Å². The Morgan fingerprint density at radius 1 is 0.903 bits per heavy atom. The van der Waals surface area contributed by atoms with Crippen molar-refractivity contribution in [1.29, 1.82) is 0 Å². The smallest absolute Gasteiger partial charge is 0.255 e. The lowest BCUT2D eigenvalue weighted by Gasteiger charge is -2.17. The molecule has 0 unspecified atom stereocenters. The van der Waals surface area contributed by atoms with Crippen molar-refractivity contribution in [3.8, 4) is 0 Å². The predicted octanol–water partition coefficient (Wildman–Crippen LogP) is 4.98. The van der Waals surface area contributed by atoms with Crippen molar-refractivity contribution in [2.45, 2.75) is 19.8 Å². The maximum absolute atomic E-state index is 14.6. The van der Waals surface area contributed by atoms with Gasteiger partial charge < -0.3 is 16.0 Å². The van der Waals surface area contributed by atoms with Gasteiger partial charge in [0.25, 0.3) is 5.91 Å². The number of carbonyl (C=O) groups excluding carboxylic acids is 1. The van der Waals surface area contributed by atoms with Gasteiger partial charge in [0, 0.05) is 29.9 Å². The fourth-order valence-electron chi connectivity index (χ4n) is 3.96. The monoisotopic (exact) mass is 463 g/mol. The summed E-state index contributed by atoms with van der Waals surface area (Å²) in [5, 5.41) is 9.36. The number of hydrogen-bond acceptors (Lipinski definition) is 3. The van der Waals surface area contributed by atoms with Gasteiger partial charge in [-0.15, -0.1) is 24.8 Å². The van der Waals surface area contributed by atoms with E-state index in [0.717, 1.165) is 50.2 Å². The Kier molecular flexibility index (Phi) is 9.26. The van der Waals surface area contributed by atoms with Crippen LogP contribution >= 0.6 is 24.8 Å². The molecule has 3 N–H and O–H groups in total. The van der Waals surface area contributed by atoms with E-state index < -0.39 is 0 Å². The zero-order chi connectivity index (χ0) is 20.2. The van der Waals surface area contributed by atoms with E-state index in [-0.39, 0.29) is 36.5 Å². The van der Waals surface area contributed by atoms with Crippen LogP contribution in [0.15, 0.2) is 48.6 Å². The van der Waals surface area contributed by atoms with Crippen LogP contribution in [0.3, 0.4) is 0 Å². The molecule has 2 aliphatic heterocycles. The molecule has 31 heavy (non-hydrogen) atoms. The van der Waals surface area contributed by atoms with Crippen molar-refractivity contribution in [2.24, 2.45) is 0 Å². The Morgan fingerprint density at radius 2 is 1.52 bits per heavy atom. The molecule has 0 spiro atoms. The van der Waals surface area contributed by atoms with Crippen LogP contribution in [0.25, 0.3) is 11.1 Å². The third kappa shape index (κ3) is 5.95. The number of carbonyl (C=O) groups is 1. The molecule has 0 saturated heterocycles. The fourth-order valence-corrected chi connectivity index (χ4v) is 3.96. The number of aryl methyl sites for hydroxylation is 1. The maximum atomic E-state index is 14.6. The van der Waals surface area contributed by atoms with Gasteiger partial charge in [0.2, 0.25) is 0 Å². The first-order chi connectivity index (χ1) is 14.1. The van der Waals surface area contributed by atoms with Crippen LogP contribution in [0.5, 0.6) is 0 Å². The lowest BCUT2D eigenvalue weighted by atomic mass is 9.94. The van der Waals surface area contributed by atoms with Gasteiger partial charge in [0.05, 0.1) is 0 Å². The summed E-state index contributed by atoms with van der Waals surface area (Å²) in [5.41, 5.74) is 6.24. The summed E-state index contributed by atoms with van der Waals surface area (Å²) in [6.45, 7) is 5.49. The van der Waals surface area contributed by atoms with E-state index in [9.17, 15) is 9.18 Å². The predicted molar refractivity (Wildman–Crippen MR) is 131 cm³/mol. The second-order valence-corrected chi connectivity index (χ2v) is 7.55. The normalized spacial score (nSPS) is 15.7. The first kappa shape index (κ1) is 25.1. The van der Waals surface area contributed by atoms with Crippen LogP contribution in [0.1, 0.15) is 39.9 Å². The maximum Gasteiger partial charge on any atom is 0.255 e. The standard InChI is InChI=1S/C24H26FN3O.2ClH/c1-16-14-19(2-4-21(16)17-6-10-26-11-7-17)24(29)28-20-3-5-22(23(25)15-20)18-8-12-27-13-9-18;;/h2-6,8,14-15,26-27H,7,9-13H2,1H3,(H,28,29);2*1H. The van der Waals surface area contributed by atoms with Crippen LogP contribution in [0.2, 0.25) is 0 Å². The molecule has 0 aromatic heterocycles. The number of hydrogen-bond donors (Lipinski definition) is 3. The summed E-state index contributed by atoms with van der Waals surface area (Å²) in [4.78, 5) is 12.7. The molecule has 2 heterocycles. The van der Waals surface area contributed by atoms with Gasteiger partial charge in [-0.1, -0.05) is 18.2 Å². The van der Waals surface area contributed by atoms with Crippen molar-refractivity contribution in [3.05, 3.63) is 76.6 Å². The van der Waals surface area contributed by atoms with Crippen LogP contribution in [0.4, 0.5) is 10.1 Å². The molecule has 2 aliphatic rings. The molecule has 0 fully saturated rings. The van der Waals surface area contributed by atoms with E-state index in [1.165, 1.54) is 17.2 Å². The third-order valence-corrected chi connectivity index (χ3v) is 5.54. The third-order valence-electron chi connectivity index (χ3n) is 5.54. The number of rotatable bonds is 4. The minimum atomic E-state index is -0.305. The van der Waals surface area contributed by atoms with Gasteiger partial charge in [0.15, 0.2) is 0 Å². The second-order valence-electron chi connectivity index (χ2n) is 7.55. The molecule has 1 amide bonds. The SMILES string of the molecule is Cc1cc(C(=O)Nc2ccc(C3=CCNCC3)c(F)c2)ccc1C1=CCNCC1.Cl.Cl. The molecule has 4 rings (SSSR count). The number of anilines is 1. The Bertz CT molecular complexity index is 1000. The molecular formula is C24H28Cl2FN3O. The number of halogens is 3. The highest BCUT2D eigenvalue weighted by Crippen LogP contribution is 2.26. The van der Waals surface area contributed by atoms with E-state index in [4.69, 9.17) is 0 Å². The van der Waals surface area contributed by atoms with Gasteiger partial charge in [-0.2, -0.15) is 0 Å². The first-order valence-corrected chi connectivity index (χ1v) is 10.1. The average molecular weight is 464 g/mol. The van der Waals surface area contributed by atoms with E-state index in [1.54, 1.807) is 12.1 Å². The molecule has 7 heteroatoms. The highest BCUT2D eigenvalue weighted by molar-refractivity contribution is 6.04. The van der Waals surface area contributed by atoms with Crippen LogP contribution < -0.4 is 16.0 Å². The first-order valence-electron chi connectivity index (χ1n) is 10.1. The number of nitrogens with one attached hydrogen (secondary N) is 3. The highest BCUT2D eigenvalue weighted by atomic mass is 35.5. The van der Waals surface area contributed by atoms with E-state index in [2.05, 4.69) is 22.0 Å². The molecule has 2 aromatic carbocycles. The fraction of sp³-hybridized carbons (Fsp3) is 0.292. The summed E-state index contributed by atoms with van der Waals surface area (Å²) in [5.74, 6) is -0.535. The van der Waals surface area contributed by atoms with Crippen molar-refractivity contribution >= 4 is 47.6 Å². The second kappa shape index (κ2) is 11.4. The van der Waals surface area contributed by atoms with E-state index in [0.29, 0.717) is 16.8 Å². The molecule has 166 valence electrons. The van der Waals surface area contributed by atoms with E-state index >= 15 is 0 Å². The van der Waals surface area contributed by atoms with E-state index in [1.807, 2.05) is 31.2 Å².